The Balaban J connectivity index is 0.000000360. The van der Waals surface area contributed by atoms with E-state index in [4.69, 9.17) is 0 Å². The van der Waals surface area contributed by atoms with E-state index in [-0.39, 0.29) is 1.43 Å². The number of hydrogen-bond donors (Lipinski definition) is 1. The SMILES string of the molecule is CN1CCNC1.[HH]. The van der Waals surface area contributed by atoms with Crippen LogP contribution in [-0.2, 0) is 0 Å². The molecule has 6 heavy (non-hydrogen) atoms. The molecule has 1 aliphatic rings. The van der Waals surface area contributed by atoms with Crippen LogP contribution in [0.5, 0.6) is 0 Å². The van der Waals surface area contributed by atoms with E-state index in [9.17, 15) is 0 Å². The standard InChI is InChI=1S/C4H10N2.H2/c1-6-3-2-5-4-6;/h5H,2-4H2,1H3;1H. The second-order valence-corrected chi connectivity index (χ2v) is 1.74. The van der Waals surface area contributed by atoms with Crippen LogP contribution in [-0.4, -0.2) is 31.7 Å². The molecule has 2 nitrogen and oxygen atoms in total. The summed E-state index contributed by atoms with van der Waals surface area (Å²) >= 11 is 0. The monoisotopic (exact) mass is 88.1 g/mol. The molecule has 38 valence electrons. The first-order valence-electron chi connectivity index (χ1n) is 2.29. The Morgan fingerprint density at radius 1 is 1.83 bits per heavy atom. The van der Waals surface area contributed by atoms with Crippen LogP contribution >= 0.6 is 0 Å². The summed E-state index contributed by atoms with van der Waals surface area (Å²) in [5.74, 6) is 0. The van der Waals surface area contributed by atoms with Crippen molar-refractivity contribution >= 4 is 0 Å². The van der Waals surface area contributed by atoms with Gasteiger partial charge in [0.15, 0.2) is 0 Å². The van der Waals surface area contributed by atoms with E-state index < -0.39 is 0 Å². The zero-order valence-electron chi connectivity index (χ0n) is 4.07. The van der Waals surface area contributed by atoms with Crippen LogP contribution in [0.2, 0.25) is 0 Å². The maximum Gasteiger partial charge on any atom is 0.0478 e. The van der Waals surface area contributed by atoms with E-state index in [2.05, 4.69) is 17.3 Å². The molecule has 0 atom stereocenters. The zero-order chi connectivity index (χ0) is 4.41. The summed E-state index contributed by atoms with van der Waals surface area (Å²) < 4.78 is 0. The highest BCUT2D eigenvalue weighted by Crippen LogP contribution is 1.82. The highest BCUT2D eigenvalue weighted by Gasteiger charge is 2.01. The van der Waals surface area contributed by atoms with E-state index in [1.165, 1.54) is 6.54 Å². The maximum atomic E-state index is 3.20. The normalized spacial score (nSPS) is 25.5. The minimum absolute atomic E-state index is 0. The summed E-state index contributed by atoms with van der Waals surface area (Å²) in [6, 6.07) is 0. The molecule has 2 heteroatoms. The van der Waals surface area contributed by atoms with Crippen molar-refractivity contribution in [1.82, 2.24) is 10.2 Å². The number of nitrogens with zero attached hydrogens (tertiary/aromatic N) is 1. The van der Waals surface area contributed by atoms with Crippen LogP contribution in [0, 0.1) is 0 Å². The third kappa shape index (κ3) is 0.698. The molecule has 0 aromatic rings. The summed E-state index contributed by atoms with van der Waals surface area (Å²) in [5, 5.41) is 3.20. The Bertz CT molecular complexity index is 43.0. The Kier molecular flexibility index (Phi) is 1.08. The van der Waals surface area contributed by atoms with E-state index in [0.29, 0.717) is 0 Å². The molecule has 0 aromatic carbocycles. The van der Waals surface area contributed by atoms with Gasteiger partial charge in [0.05, 0.1) is 0 Å². The fraction of sp³-hybridized carbons (Fsp3) is 1.00. The molecule has 0 saturated carbocycles. The van der Waals surface area contributed by atoms with Gasteiger partial charge in [-0.15, -0.1) is 0 Å². The van der Waals surface area contributed by atoms with Gasteiger partial charge in [0.25, 0.3) is 0 Å². The van der Waals surface area contributed by atoms with Crippen molar-refractivity contribution in [1.29, 1.82) is 0 Å². The minimum atomic E-state index is 0. The smallest absolute Gasteiger partial charge is 0.0478 e. The number of hydrogen-bond acceptors (Lipinski definition) is 2. The molecule has 0 bridgehead atoms. The molecule has 1 rings (SSSR count). The predicted octanol–water partition coefficient (Wildman–Crippen LogP) is -0.275. The van der Waals surface area contributed by atoms with Gasteiger partial charge in [0.1, 0.15) is 0 Å². The molecule has 0 aromatic heterocycles. The average Bonchev–Trinajstić information content (AvgIpc) is 1.86. The molecule has 1 aliphatic heterocycles. The molecule has 1 saturated heterocycles. The van der Waals surface area contributed by atoms with Gasteiger partial charge in [-0.05, 0) is 7.05 Å². The molecule has 0 unspecified atom stereocenters. The van der Waals surface area contributed by atoms with Crippen molar-refractivity contribution in [3.8, 4) is 0 Å². The Hall–Kier alpha value is -0.0800. The van der Waals surface area contributed by atoms with Crippen molar-refractivity contribution in [3.05, 3.63) is 0 Å². The lowest BCUT2D eigenvalue weighted by Gasteiger charge is -1.99. The topological polar surface area (TPSA) is 15.3 Å². The van der Waals surface area contributed by atoms with Crippen molar-refractivity contribution in [2.24, 2.45) is 0 Å². The Morgan fingerprint density at radius 2 is 2.67 bits per heavy atom. The lowest BCUT2D eigenvalue weighted by Crippen LogP contribution is -2.15. The van der Waals surface area contributed by atoms with Gasteiger partial charge in [-0.3, -0.25) is 4.90 Å². The zero-order valence-corrected chi connectivity index (χ0v) is 4.07. The van der Waals surface area contributed by atoms with Gasteiger partial charge in [0.2, 0.25) is 0 Å². The Labute approximate surface area is 39.6 Å². The van der Waals surface area contributed by atoms with Crippen molar-refractivity contribution in [3.63, 3.8) is 0 Å². The van der Waals surface area contributed by atoms with Gasteiger partial charge in [-0.2, -0.15) is 0 Å². The predicted molar refractivity (Wildman–Crippen MR) is 27.6 cm³/mol. The summed E-state index contributed by atoms with van der Waals surface area (Å²) in [6.45, 7) is 3.44. The molecule has 0 radical (unpaired) electrons. The van der Waals surface area contributed by atoms with Gasteiger partial charge < -0.3 is 5.32 Å². The molecular weight excluding hydrogens is 76.1 g/mol. The summed E-state index contributed by atoms with van der Waals surface area (Å²) in [7, 11) is 2.11. The van der Waals surface area contributed by atoms with Gasteiger partial charge in [-0.25, -0.2) is 0 Å². The lowest BCUT2D eigenvalue weighted by molar-refractivity contribution is 0.412. The van der Waals surface area contributed by atoms with E-state index >= 15 is 0 Å². The second kappa shape index (κ2) is 1.58. The van der Waals surface area contributed by atoms with Gasteiger partial charge in [0, 0.05) is 21.2 Å². The summed E-state index contributed by atoms with van der Waals surface area (Å²) in [6.07, 6.45) is 0. The summed E-state index contributed by atoms with van der Waals surface area (Å²) in [5.41, 5.74) is 0. The van der Waals surface area contributed by atoms with Crippen molar-refractivity contribution in [2.45, 2.75) is 0 Å². The molecule has 0 spiro atoms. The van der Waals surface area contributed by atoms with Crippen LogP contribution in [0.15, 0.2) is 0 Å². The van der Waals surface area contributed by atoms with Crippen LogP contribution in [0.25, 0.3) is 0 Å². The number of rotatable bonds is 0. The average molecular weight is 88.2 g/mol. The van der Waals surface area contributed by atoms with E-state index in [1.807, 2.05) is 0 Å². The molecule has 1 heterocycles. The van der Waals surface area contributed by atoms with Gasteiger partial charge in [-0.1, -0.05) is 0 Å². The van der Waals surface area contributed by atoms with Crippen LogP contribution in [0.4, 0.5) is 0 Å². The number of nitrogens with one attached hydrogen (secondary N) is 1. The minimum Gasteiger partial charge on any atom is -0.303 e. The molecular formula is C4H12N2. The first kappa shape index (κ1) is 4.09. The van der Waals surface area contributed by atoms with Gasteiger partial charge >= 0.3 is 0 Å². The van der Waals surface area contributed by atoms with Crippen molar-refractivity contribution in [2.75, 3.05) is 26.8 Å². The van der Waals surface area contributed by atoms with E-state index in [1.54, 1.807) is 0 Å². The maximum absolute atomic E-state index is 3.20. The third-order valence-corrected chi connectivity index (χ3v) is 1.05. The lowest BCUT2D eigenvalue weighted by atomic mass is 10.7. The first-order valence-corrected chi connectivity index (χ1v) is 2.29. The third-order valence-electron chi connectivity index (χ3n) is 1.05. The largest absolute Gasteiger partial charge is 0.303 e. The van der Waals surface area contributed by atoms with Crippen LogP contribution in [0.3, 0.4) is 0 Å². The molecule has 0 amide bonds. The first-order chi connectivity index (χ1) is 2.89. The highest BCUT2D eigenvalue weighted by molar-refractivity contribution is 4.59. The van der Waals surface area contributed by atoms with Crippen LogP contribution in [0.1, 0.15) is 1.43 Å². The fourth-order valence-electron chi connectivity index (χ4n) is 0.619. The molecule has 1 fully saturated rings. The van der Waals surface area contributed by atoms with Crippen LogP contribution < -0.4 is 5.32 Å². The quantitative estimate of drug-likeness (QED) is 0.438. The molecule has 0 aliphatic carbocycles. The van der Waals surface area contributed by atoms with E-state index in [0.717, 1.165) is 13.2 Å². The summed E-state index contributed by atoms with van der Waals surface area (Å²) in [4.78, 5) is 2.25. The second-order valence-electron chi connectivity index (χ2n) is 1.74. The van der Waals surface area contributed by atoms with Crippen molar-refractivity contribution < 1.29 is 1.43 Å². The fourth-order valence-corrected chi connectivity index (χ4v) is 0.619. The number of likely N-dealkylation sites (N-methyl/N-ethyl adjacent to an activating group) is 1. The Morgan fingerprint density at radius 3 is 2.83 bits per heavy atom. The highest BCUT2D eigenvalue weighted by atomic mass is 15.3. The molecule has 1 N–H and O–H groups in total.